The normalized spacial score (nSPS) is 10.5. The number of hydrogen-bond donors (Lipinski definition) is 1. The van der Waals surface area contributed by atoms with Crippen molar-refractivity contribution in [3.05, 3.63) is 24.3 Å². The first kappa shape index (κ1) is 6.74. The summed E-state index contributed by atoms with van der Waals surface area (Å²) in [4.78, 5) is 0. The Hall–Kier alpha value is -1.38. The summed E-state index contributed by atoms with van der Waals surface area (Å²) in [7, 11) is 1.62. The molecule has 0 unspecified atom stereocenters. The van der Waals surface area contributed by atoms with E-state index in [2.05, 4.69) is 10.2 Å². The van der Waals surface area contributed by atoms with Gasteiger partial charge in [0.05, 0.1) is 5.69 Å². The molecule has 0 aromatic heterocycles. The maximum Gasteiger partial charge on any atom is 0.108 e. The van der Waals surface area contributed by atoms with Crippen molar-refractivity contribution in [1.82, 2.24) is 0 Å². The van der Waals surface area contributed by atoms with Gasteiger partial charge in [-0.2, -0.15) is 10.2 Å². The number of benzene rings is 1. The SMILES string of the molecule is CN=Nc1ccccc1N. The number of para-hydroxylation sites is 1. The highest BCUT2D eigenvalue weighted by Crippen LogP contribution is 2.19. The highest BCUT2D eigenvalue weighted by atomic mass is 15.1. The molecule has 0 atom stereocenters. The van der Waals surface area contributed by atoms with E-state index in [-0.39, 0.29) is 0 Å². The third kappa shape index (κ3) is 1.31. The number of rotatable bonds is 1. The van der Waals surface area contributed by atoms with Gasteiger partial charge in [-0.1, -0.05) is 12.1 Å². The molecule has 0 fully saturated rings. The minimum Gasteiger partial charge on any atom is -0.397 e. The average molecular weight is 135 g/mol. The summed E-state index contributed by atoms with van der Waals surface area (Å²) >= 11 is 0. The molecule has 52 valence electrons. The van der Waals surface area contributed by atoms with Crippen molar-refractivity contribution in [1.29, 1.82) is 0 Å². The van der Waals surface area contributed by atoms with Crippen LogP contribution in [-0.4, -0.2) is 7.05 Å². The molecule has 0 aliphatic carbocycles. The zero-order chi connectivity index (χ0) is 7.40. The van der Waals surface area contributed by atoms with Crippen LogP contribution in [0, 0.1) is 0 Å². The second-order valence-electron chi connectivity index (χ2n) is 1.86. The van der Waals surface area contributed by atoms with Crippen LogP contribution in [0.3, 0.4) is 0 Å². The Labute approximate surface area is 59.6 Å². The molecule has 1 aromatic carbocycles. The Morgan fingerprint density at radius 2 is 2.00 bits per heavy atom. The number of nitrogens with zero attached hydrogens (tertiary/aromatic N) is 2. The van der Waals surface area contributed by atoms with Crippen LogP contribution in [0.4, 0.5) is 11.4 Å². The van der Waals surface area contributed by atoms with Gasteiger partial charge in [0, 0.05) is 7.05 Å². The number of anilines is 1. The highest BCUT2D eigenvalue weighted by Gasteiger charge is 1.91. The van der Waals surface area contributed by atoms with Crippen molar-refractivity contribution in [2.45, 2.75) is 0 Å². The minimum atomic E-state index is 0.660. The third-order valence-corrected chi connectivity index (χ3v) is 1.14. The van der Waals surface area contributed by atoms with E-state index in [0.29, 0.717) is 5.69 Å². The molecule has 0 saturated heterocycles. The maximum atomic E-state index is 5.55. The van der Waals surface area contributed by atoms with Crippen molar-refractivity contribution in [3.63, 3.8) is 0 Å². The van der Waals surface area contributed by atoms with E-state index in [0.717, 1.165) is 5.69 Å². The molecule has 0 aliphatic rings. The zero-order valence-electron chi connectivity index (χ0n) is 5.78. The van der Waals surface area contributed by atoms with Gasteiger partial charge in [-0.05, 0) is 12.1 Å². The largest absolute Gasteiger partial charge is 0.397 e. The van der Waals surface area contributed by atoms with Crippen LogP contribution in [0.1, 0.15) is 0 Å². The van der Waals surface area contributed by atoms with Crippen LogP contribution in [-0.2, 0) is 0 Å². The van der Waals surface area contributed by atoms with Gasteiger partial charge in [-0.3, -0.25) is 0 Å². The Kier molecular flexibility index (Phi) is 1.99. The quantitative estimate of drug-likeness (QED) is 0.464. The lowest BCUT2D eigenvalue weighted by Crippen LogP contribution is -1.82. The van der Waals surface area contributed by atoms with Gasteiger partial charge < -0.3 is 5.73 Å². The fraction of sp³-hybridized carbons (Fsp3) is 0.143. The number of nitrogens with two attached hydrogens (primary N) is 1. The van der Waals surface area contributed by atoms with Crippen LogP contribution in [0.5, 0.6) is 0 Å². The molecule has 0 spiro atoms. The lowest BCUT2D eigenvalue weighted by Gasteiger charge is -1.94. The van der Waals surface area contributed by atoms with Crippen LogP contribution in [0.25, 0.3) is 0 Å². The van der Waals surface area contributed by atoms with Crippen molar-refractivity contribution < 1.29 is 0 Å². The molecule has 0 amide bonds. The third-order valence-electron chi connectivity index (χ3n) is 1.14. The van der Waals surface area contributed by atoms with Gasteiger partial charge in [-0.15, -0.1) is 0 Å². The summed E-state index contributed by atoms with van der Waals surface area (Å²) in [6.45, 7) is 0. The Bertz CT molecular complexity index is 242. The molecule has 1 aromatic rings. The number of hydrogen-bond acceptors (Lipinski definition) is 3. The minimum absolute atomic E-state index is 0.660. The van der Waals surface area contributed by atoms with Crippen LogP contribution < -0.4 is 5.73 Å². The van der Waals surface area contributed by atoms with Crippen molar-refractivity contribution in [2.75, 3.05) is 12.8 Å². The average Bonchev–Trinajstić information content (AvgIpc) is 1.94. The molecule has 0 radical (unpaired) electrons. The van der Waals surface area contributed by atoms with E-state index in [9.17, 15) is 0 Å². The summed E-state index contributed by atoms with van der Waals surface area (Å²) in [6.07, 6.45) is 0. The van der Waals surface area contributed by atoms with E-state index >= 15 is 0 Å². The summed E-state index contributed by atoms with van der Waals surface area (Å²) < 4.78 is 0. The van der Waals surface area contributed by atoms with E-state index in [1.165, 1.54) is 0 Å². The smallest absolute Gasteiger partial charge is 0.108 e. The summed E-state index contributed by atoms with van der Waals surface area (Å²) in [5.74, 6) is 0. The van der Waals surface area contributed by atoms with Gasteiger partial charge in [0.25, 0.3) is 0 Å². The first-order valence-corrected chi connectivity index (χ1v) is 2.99. The predicted molar refractivity (Wildman–Crippen MR) is 41.3 cm³/mol. The van der Waals surface area contributed by atoms with Gasteiger partial charge in [0.2, 0.25) is 0 Å². The molecule has 2 N–H and O–H groups in total. The van der Waals surface area contributed by atoms with Crippen molar-refractivity contribution in [2.24, 2.45) is 10.2 Å². The topological polar surface area (TPSA) is 50.7 Å². The molecule has 0 heterocycles. The lowest BCUT2D eigenvalue weighted by molar-refractivity contribution is 1.17. The molecule has 3 nitrogen and oxygen atoms in total. The van der Waals surface area contributed by atoms with Crippen LogP contribution in [0.2, 0.25) is 0 Å². The predicted octanol–water partition coefficient (Wildman–Crippen LogP) is 1.98. The van der Waals surface area contributed by atoms with Crippen molar-refractivity contribution in [3.8, 4) is 0 Å². The van der Waals surface area contributed by atoms with E-state index in [1.54, 1.807) is 13.1 Å². The first-order chi connectivity index (χ1) is 4.84. The molecule has 3 heteroatoms. The van der Waals surface area contributed by atoms with E-state index in [1.807, 2.05) is 18.2 Å². The molecular weight excluding hydrogens is 126 g/mol. The Balaban J connectivity index is 3.03. The first-order valence-electron chi connectivity index (χ1n) is 2.99. The standard InChI is InChI=1S/C7H9N3/c1-9-10-7-5-3-2-4-6(7)8/h2-5H,8H2,1H3. The van der Waals surface area contributed by atoms with Gasteiger partial charge in [-0.25, -0.2) is 0 Å². The number of azo groups is 1. The summed E-state index contributed by atoms with van der Waals surface area (Å²) in [5.41, 5.74) is 6.94. The Morgan fingerprint density at radius 1 is 1.30 bits per heavy atom. The fourth-order valence-corrected chi connectivity index (χ4v) is 0.686. The van der Waals surface area contributed by atoms with Gasteiger partial charge in [0.1, 0.15) is 5.69 Å². The van der Waals surface area contributed by atoms with E-state index < -0.39 is 0 Å². The highest BCUT2D eigenvalue weighted by molar-refractivity contribution is 5.61. The molecule has 0 aliphatic heterocycles. The van der Waals surface area contributed by atoms with Crippen LogP contribution in [0.15, 0.2) is 34.5 Å². The van der Waals surface area contributed by atoms with E-state index in [4.69, 9.17) is 5.73 Å². The molecule has 0 bridgehead atoms. The molecule has 0 saturated carbocycles. The van der Waals surface area contributed by atoms with Crippen molar-refractivity contribution >= 4 is 11.4 Å². The maximum absolute atomic E-state index is 5.55. The lowest BCUT2D eigenvalue weighted by atomic mass is 10.3. The second kappa shape index (κ2) is 2.96. The molecule has 1 rings (SSSR count). The van der Waals surface area contributed by atoms with Gasteiger partial charge >= 0.3 is 0 Å². The number of nitrogen functional groups attached to an aromatic ring is 1. The summed E-state index contributed by atoms with van der Waals surface area (Å²) in [5, 5.41) is 7.42. The molecular formula is C7H9N3. The zero-order valence-corrected chi connectivity index (χ0v) is 5.78. The monoisotopic (exact) mass is 135 g/mol. The Morgan fingerprint density at radius 3 is 2.60 bits per heavy atom. The summed E-state index contributed by atoms with van der Waals surface area (Å²) in [6, 6.07) is 7.36. The fourth-order valence-electron chi connectivity index (χ4n) is 0.686. The molecule has 10 heavy (non-hydrogen) atoms. The van der Waals surface area contributed by atoms with Gasteiger partial charge in [0.15, 0.2) is 0 Å². The van der Waals surface area contributed by atoms with Crippen LogP contribution >= 0.6 is 0 Å². The second-order valence-corrected chi connectivity index (χ2v) is 1.86.